The van der Waals surface area contributed by atoms with Gasteiger partial charge < -0.3 is 15.5 Å². The second-order valence-electron chi connectivity index (χ2n) is 7.50. The van der Waals surface area contributed by atoms with Gasteiger partial charge in [0, 0.05) is 44.1 Å². The Bertz CT molecular complexity index is 990. The second-order valence-corrected chi connectivity index (χ2v) is 7.50. The highest BCUT2D eigenvalue weighted by Crippen LogP contribution is 2.28. The number of rotatable bonds is 7. The van der Waals surface area contributed by atoms with Crippen molar-refractivity contribution < 1.29 is 4.79 Å². The minimum Gasteiger partial charge on any atom is -0.367 e. The van der Waals surface area contributed by atoms with E-state index in [1.54, 1.807) is 17.9 Å². The second kappa shape index (κ2) is 11.2. The average Bonchev–Trinajstić information content (AvgIpc) is 3.35. The normalized spacial score (nSPS) is 13.0. The Hall–Kier alpha value is -2.54. The fourth-order valence-electron chi connectivity index (χ4n) is 3.88. The fourth-order valence-corrected chi connectivity index (χ4v) is 3.88. The van der Waals surface area contributed by atoms with E-state index in [4.69, 9.17) is 0 Å². The molecule has 6 nitrogen and oxygen atoms in total. The number of aromatic nitrogens is 2. The Morgan fingerprint density at radius 1 is 1.10 bits per heavy atom. The van der Waals surface area contributed by atoms with Crippen LogP contribution in [0.3, 0.4) is 0 Å². The van der Waals surface area contributed by atoms with Crippen molar-refractivity contribution in [2.24, 2.45) is 7.05 Å². The van der Waals surface area contributed by atoms with Crippen LogP contribution in [-0.2, 0) is 31.4 Å². The third-order valence-electron chi connectivity index (χ3n) is 5.46. The summed E-state index contributed by atoms with van der Waals surface area (Å²) in [7, 11) is 3.62. The van der Waals surface area contributed by atoms with Crippen molar-refractivity contribution in [1.29, 1.82) is 0 Å². The highest BCUT2D eigenvalue weighted by molar-refractivity contribution is 5.85. The molecule has 1 atom stereocenters. The number of hydrogen-bond acceptors (Lipinski definition) is 4. The van der Waals surface area contributed by atoms with Gasteiger partial charge in [-0.1, -0.05) is 42.5 Å². The van der Waals surface area contributed by atoms with Gasteiger partial charge in [0.1, 0.15) is 6.04 Å². The van der Waals surface area contributed by atoms with Crippen LogP contribution in [-0.4, -0.2) is 29.3 Å². The standard InChI is InChI=1S/C23H27N5O.2ClH/c1-24-22(20-14-26-27(2)16-20)23(29)25-13-17-7-9-18(10-8-17)15-28-12-11-19-5-3-4-6-21(19)28;;/h3-10,14,16,22,24H,11-13,15H2,1-2H3,(H,25,29);2*1H. The number of nitrogens with zero attached hydrogens (tertiary/aromatic N) is 3. The summed E-state index contributed by atoms with van der Waals surface area (Å²) < 4.78 is 1.70. The number of halogens is 2. The molecule has 0 bridgehead atoms. The monoisotopic (exact) mass is 461 g/mol. The molecule has 166 valence electrons. The Morgan fingerprint density at radius 3 is 2.48 bits per heavy atom. The van der Waals surface area contributed by atoms with Gasteiger partial charge in [0.25, 0.3) is 0 Å². The highest BCUT2D eigenvalue weighted by Gasteiger charge is 2.20. The summed E-state index contributed by atoms with van der Waals surface area (Å²) in [5, 5.41) is 10.2. The van der Waals surface area contributed by atoms with E-state index in [0.717, 1.165) is 30.6 Å². The molecule has 1 amide bonds. The number of carbonyl (C=O) groups excluding carboxylic acids is 1. The number of aryl methyl sites for hydroxylation is 1. The van der Waals surface area contributed by atoms with Gasteiger partial charge in [0.2, 0.25) is 5.91 Å². The van der Waals surface area contributed by atoms with Crippen molar-refractivity contribution in [3.8, 4) is 0 Å². The molecule has 0 saturated heterocycles. The maximum Gasteiger partial charge on any atom is 0.242 e. The molecule has 0 spiro atoms. The van der Waals surface area contributed by atoms with E-state index in [2.05, 4.69) is 69.2 Å². The fraction of sp³-hybridized carbons (Fsp3) is 0.304. The van der Waals surface area contributed by atoms with E-state index >= 15 is 0 Å². The summed E-state index contributed by atoms with van der Waals surface area (Å²) in [4.78, 5) is 15.0. The maximum atomic E-state index is 12.6. The van der Waals surface area contributed by atoms with Crippen molar-refractivity contribution in [3.05, 3.63) is 83.2 Å². The molecule has 0 radical (unpaired) electrons. The van der Waals surface area contributed by atoms with E-state index < -0.39 is 6.04 Å². The molecule has 2 N–H and O–H groups in total. The van der Waals surface area contributed by atoms with Gasteiger partial charge in [-0.2, -0.15) is 5.10 Å². The smallest absolute Gasteiger partial charge is 0.242 e. The van der Waals surface area contributed by atoms with E-state index in [1.807, 2.05) is 13.2 Å². The molecule has 1 aliphatic heterocycles. The molecule has 1 unspecified atom stereocenters. The number of nitrogens with one attached hydrogen (secondary N) is 2. The molecule has 2 aromatic carbocycles. The number of fused-ring (bicyclic) bond motifs is 1. The van der Waals surface area contributed by atoms with Gasteiger partial charge >= 0.3 is 0 Å². The van der Waals surface area contributed by atoms with Crippen LogP contribution in [0.2, 0.25) is 0 Å². The Labute approximate surface area is 195 Å². The quantitative estimate of drug-likeness (QED) is 0.565. The zero-order chi connectivity index (χ0) is 20.2. The molecule has 0 aliphatic carbocycles. The predicted octanol–water partition coefficient (Wildman–Crippen LogP) is 3.40. The number of benzene rings is 2. The van der Waals surface area contributed by atoms with Gasteiger partial charge in [-0.05, 0) is 36.2 Å². The van der Waals surface area contributed by atoms with Crippen LogP contribution < -0.4 is 15.5 Å². The summed E-state index contributed by atoms with van der Waals surface area (Å²) in [6.45, 7) is 2.48. The van der Waals surface area contributed by atoms with Crippen LogP contribution in [0.25, 0.3) is 0 Å². The molecule has 31 heavy (non-hydrogen) atoms. The number of likely N-dealkylation sites (N-methyl/N-ethyl adjacent to an activating group) is 1. The average molecular weight is 462 g/mol. The largest absolute Gasteiger partial charge is 0.367 e. The van der Waals surface area contributed by atoms with Crippen molar-refractivity contribution in [3.63, 3.8) is 0 Å². The zero-order valence-corrected chi connectivity index (χ0v) is 19.4. The van der Waals surface area contributed by atoms with Gasteiger partial charge in [-0.15, -0.1) is 24.8 Å². The third kappa shape index (κ3) is 5.79. The van der Waals surface area contributed by atoms with Crippen LogP contribution in [0, 0.1) is 0 Å². The van der Waals surface area contributed by atoms with Gasteiger partial charge in [-0.25, -0.2) is 0 Å². The molecule has 2 heterocycles. The van der Waals surface area contributed by atoms with Crippen molar-refractivity contribution >= 4 is 36.4 Å². The van der Waals surface area contributed by atoms with Gasteiger partial charge in [-0.3, -0.25) is 9.48 Å². The zero-order valence-electron chi connectivity index (χ0n) is 17.7. The number of para-hydroxylation sites is 1. The lowest BCUT2D eigenvalue weighted by Gasteiger charge is -2.19. The summed E-state index contributed by atoms with van der Waals surface area (Å²) in [6.07, 6.45) is 4.68. The van der Waals surface area contributed by atoms with Crippen molar-refractivity contribution in [2.75, 3.05) is 18.5 Å². The number of carbonyl (C=O) groups is 1. The first-order valence-electron chi connectivity index (χ1n) is 9.98. The third-order valence-corrected chi connectivity index (χ3v) is 5.46. The molecule has 1 aromatic heterocycles. The number of amides is 1. The summed E-state index contributed by atoms with van der Waals surface area (Å²) >= 11 is 0. The topological polar surface area (TPSA) is 62.2 Å². The van der Waals surface area contributed by atoms with Crippen LogP contribution in [0.5, 0.6) is 0 Å². The Kier molecular flexibility index (Phi) is 8.92. The minimum absolute atomic E-state index is 0. The van der Waals surface area contributed by atoms with E-state index in [0.29, 0.717) is 6.54 Å². The molecule has 3 aromatic rings. The summed E-state index contributed by atoms with van der Waals surface area (Å²) in [5.41, 5.74) is 6.00. The van der Waals surface area contributed by atoms with Crippen LogP contribution in [0.15, 0.2) is 60.9 Å². The van der Waals surface area contributed by atoms with E-state index in [9.17, 15) is 4.79 Å². The molecule has 4 rings (SSSR count). The minimum atomic E-state index is -0.404. The van der Waals surface area contributed by atoms with Gasteiger partial charge in [0.15, 0.2) is 0 Å². The van der Waals surface area contributed by atoms with Crippen LogP contribution in [0.4, 0.5) is 5.69 Å². The Morgan fingerprint density at radius 2 is 1.81 bits per heavy atom. The summed E-state index contributed by atoms with van der Waals surface area (Å²) in [6, 6.07) is 16.7. The van der Waals surface area contributed by atoms with Crippen molar-refractivity contribution in [2.45, 2.75) is 25.6 Å². The predicted molar refractivity (Wildman–Crippen MR) is 129 cm³/mol. The van der Waals surface area contributed by atoms with E-state index in [-0.39, 0.29) is 30.7 Å². The molecule has 0 fully saturated rings. The van der Waals surface area contributed by atoms with Gasteiger partial charge in [0.05, 0.1) is 6.20 Å². The molecular formula is C23H29Cl2N5O. The summed E-state index contributed by atoms with van der Waals surface area (Å²) in [5.74, 6) is -0.0572. The molecule has 8 heteroatoms. The van der Waals surface area contributed by atoms with E-state index in [1.165, 1.54) is 16.8 Å². The number of anilines is 1. The van der Waals surface area contributed by atoms with Crippen LogP contribution in [0.1, 0.15) is 28.3 Å². The first-order valence-corrected chi connectivity index (χ1v) is 9.98. The molecule has 0 saturated carbocycles. The first-order chi connectivity index (χ1) is 14.1. The molecule has 1 aliphatic rings. The lowest BCUT2D eigenvalue weighted by atomic mass is 10.1. The number of hydrogen-bond donors (Lipinski definition) is 2. The highest BCUT2D eigenvalue weighted by atomic mass is 35.5. The van der Waals surface area contributed by atoms with Crippen molar-refractivity contribution in [1.82, 2.24) is 20.4 Å². The lowest BCUT2D eigenvalue weighted by molar-refractivity contribution is -0.123. The van der Waals surface area contributed by atoms with Crippen LogP contribution >= 0.6 is 24.8 Å². The first kappa shape index (κ1) is 24.7. The maximum absolute atomic E-state index is 12.6. The lowest BCUT2D eigenvalue weighted by Crippen LogP contribution is -2.35. The SMILES string of the molecule is CNC(C(=O)NCc1ccc(CN2CCc3ccccc32)cc1)c1cnn(C)c1.Cl.Cl. The molecular weight excluding hydrogens is 433 g/mol. The Balaban J connectivity index is 0.00000171.